The van der Waals surface area contributed by atoms with Crippen LogP contribution >= 0.6 is 0 Å². The maximum atomic E-state index is 6.58. The monoisotopic (exact) mass is 898 g/mol. The van der Waals surface area contributed by atoms with Gasteiger partial charge in [-0.25, -0.2) is 0 Å². The minimum Gasteiger partial charge on any atom is -0.457 e. The molecule has 0 unspecified atom stereocenters. The fourth-order valence-electron chi connectivity index (χ4n) is 12.3. The molecule has 2 aliphatic carbocycles. The summed E-state index contributed by atoms with van der Waals surface area (Å²) in [5.74, 6) is 1.62. The average molecular weight is 899 g/mol. The molecule has 1 heteroatoms. The Balaban J connectivity index is 1.02. The van der Waals surface area contributed by atoms with Gasteiger partial charge in [0.05, 0.1) is 0 Å². The Morgan fingerprint density at radius 1 is 0.197 bits per heavy atom. The lowest BCUT2D eigenvalue weighted by molar-refractivity contribution is 0.483. The number of para-hydroxylation sites is 1. The molecule has 0 aromatic heterocycles. The van der Waals surface area contributed by atoms with Crippen LogP contribution in [0.3, 0.4) is 0 Å². The van der Waals surface area contributed by atoms with Gasteiger partial charge in [-0.1, -0.05) is 224 Å². The Hall–Kier alpha value is -9.30. The van der Waals surface area contributed by atoms with Crippen LogP contribution in [0.25, 0.3) is 143 Å². The fraction of sp³-hybridized carbons (Fsp3) is 0. The van der Waals surface area contributed by atoms with Crippen molar-refractivity contribution in [3.8, 4) is 112 Å². The van der Waals surface area contributed by atoms with Crippen molar-refractivity contribution in [3.63, 3.8) is 0 Å². The smallest absolute Gasteiger partial charge is 0.128 e. The lowest BCUT2D eigenvalue weighted by atomic mass is 9.81. The SMILES string of the molecule is c1ccc(Oc2ccc3c(-c4ccccc4)c4c(c(-c5ccccc5)c3c2)-c2cccc3c(-c5ccc6c(-c7ccccc7)c7c(c(-c8ccccc8)c6c5)-c5cccc6cccc-7c56)ccc-4c23)cc1. The molecule has 0 atom stereocenters. The number of benzene rings is 13. The average Bonchev–Trinajstić information content (AvgIpc) is 3.94. The first kappa shape index (κ1) is 39.7. The molecule has 0 heterocycles. The van der Waals surface area contributed by atoms with E-state index >= 15 is 0 Å². The Labute approximate surface area is 412 Å². The van der Waals surface area contributed by atoms with Crippen molar-refractivity contribution in [2.45, 2.75) is 0 Å². The van der Waals surface area contributed by atoms with Crippen molar-refractivity contribution in [2.24, 2.45) is 0 Å². The first-order chi connectivity index (χ1) is 35.3. The van der Waals surface area contributed by atoms with E-state index in [4.69, 9.17) is 4.74 Å². The van der Waals surface area contributed by atoms with Gasteiger partial charge in [-0.2, -0.15) is 0 Å². The lowest BCUT2D eigenvalue weighted by Crippen LogP contribution is -1.94. The molecule has 0 N–H and O–H groups in total. The second-order valence-corrected chi connectivity index (χ2v) is 18.9. The van der Waals surface area contributed by atoms with Crippen LogP contribution in [0.1, 0.15) is 0 Å². The molecular formula is C70H42O. The quantitative estimate of drug-likeness (QED) is 0.155. The zero-order valence-corrected chi connectivity index (χ0v) is 38.7. The number of hydrogen-bond donors (Lipinski definition) is 0. The van der Waals surface area contributed by atoms with Crippen molar-refractivity contribution in [3.05, 3.63) is 255 Å². The predicted molar refractivity (Wildman–Crippen MR) is 299 cm³/mol. The van der Waals surface area contributed by atoms with E-state index in [2.05, 4.69) is 224 Å². The standard InChI is InChI=1S/C70H42O/c1-6-19-44(20-7-1)62-53-37-35-48(41-59(53)64(46-23-10-3-11-24-46)68-56-33-17-28-43-27-16-32-55(61(43)56)67(62)68)51-39-40-58-66-52(51)31-18-34-57(66)69-65(47-25-12-4-13-26-47)60-42-50(71-49-29-14-5-15-30-49)36-38-54(60)63(70(58)69)45-21-8-2-9-22-45/h1-42H. The van der Waals surface area contributed by atoms with E-state index in [-0.39, 0.29) is 0 Å². The third-order valence-electron chi connectivity index (χ3n) is 15.2. The molecule has 0 saturated heterocycles. The molecule has 71 heavy (non-hydrogen) atoms. The topological polar surface area (TPSA) is 9.23 Å². The Morgan fingerprint density at radius 3 is 1.13 bits per heavy atom. The van der Waals surface area contributed by atoms with E-state index in [9.17, 15) is 0 Å². The second kappa shape index (κ2) is 15.6. The van der Waals surface area contributed by atoms with Gasteiger partial charge >= 0.3 is 0 Å². The highest BCUT2D eigenvalue weighted by Crippen LogP contribution is 2.61. The molecule has 328 valence electrons. The van der Waals surface area contributed by atoms with Gasteiger partial charge in [0.2, 0.25) is 0 Å². The molecule has 0 aliphatic heterocycles. The summed E-state index contributed by atoms with van der Waals surface area (Å²) in [6.07, 6.45) is 0. The summed E-state index contributed by atoms with van der Waals surface area (Å²) >= 11 is 0. The maximum absolute atomic E-state index is 6.58. The van der Waals surface area contributed by atoms with Gasteiger partial charge in [-0.3, -0.25) is 0 Å². The third kappa shape index (κ3) is 5.94. The zero-order valence-electron chi connectivity index (χ0n) is 38.7. The van der Waals surface area contributed by atoms with Crippen LogP contribution in [0, 0.1) is 0 Å². The maximum Gasteiger partial charge on any atom is 0.128 e. The summed E-state index contributed by atoms with van der Waals surface area (Å²) in [6.45, 7) is 0. The Morgan fingerprint density at radius 2 is 0.606 bits per heavy atom. The summed E-state index contributed by atoms with van der Waals surface area (Å²) in [7, 11) is 0. The third-order valence-corrected chi connectivity index (χ3v) is 15.2. The van der Waals surface area contributed by atoms with Crippen molar-refractivity contribution >= 4 is 43.1 Å². The van der Waals surface area contributed by atoms with E-state index in [1.807, 2.05) is 30.3 Å². The first-order valence-electron chi connectivity index (χ1n) is 24.6. The number of hydrogen-bond acceptors (Lipinski definition) is 1. The Kier molecular flexibility index (Phi) is 8.73. The molecule has 0 saturated carbocycles. The second-order valence-electron chi connectivity index (χ2n) is 18.9. The van der Waals surface area contributed by atoms with Gasteiger partial charge in [-0.15, -0.1) is 0 Å². The minimum absolute atomic E-state index is 0.809. The fourth-order valence-corrected chi connectivity index (χ4v) is 12.3. The number of ether oxygens (including phenoxy) is 1. The molecule has 0 fully saturated rings. The highest BCUT2D eigenvalue weighted by atomic mass is 16.5. The minimum atomic E-state index is 0.809. The predicted octanol–water partition coefficient (Wildman–Crippen LogP) is 19.7. The largest absolute Gasteiger partial charge is 0.457 e. The number of fused-ring (bicyclic) bond motifs is 8. The van der Waals surface area contributed by atoms with Crippen molar-refractivity contribution in [1.29, 1.82) is 0 Å². The molecule has 1 nitrogen and oxygen atoms in total. The van der Waals surface area contributed by atoms with E-state index < -0.39 is 0 Å². The van der Waals surface area contributed by atoms with Gasteiger partial charge in [0.1, 0.15) is 11.5 Å². The molecule has 13 aromatic rings. The first-order valence-corrected chi connectivity index (χ1v) is 24.6. The van der Waals surface area contributed by atoms with Crippen molar-refractivity contribution in [1.82, 2.24) is 0 Å². The summed E-state index contributed by atoms with van der Waals surface area (Å²) in [6, 6.07) is 93.4. The molecule has 0 amide bonds. The van der Waals surface area contributed by atoms with E-state index in [1.54, 1.807) is 0 Å². The van der Waals surface area contributed by atoms with Crippen LogP contribution in [0.5, 0.6) is 11.5 Å². The van der Waals surface area contributed by atoms with E-state index in [1.165, 1.54) is 138 Å². The van der Waals surface area contributed by atoms with E-state index in [0.717, 1.165) is 16.9 Å². The zero-order chi connectivity index (χ0) is 46.6. The summed E-state index contributed by atoms with van der Waals surface area (Å²) in [5.41, 5.74) is 22.5. The summed E-state index contributed by atoms with van der Waals surface area (Å²) < 4.78 is 6.58. The molecule has 0 bridgehead atoms. The van der Waals surface area contributed by atoms with Gasteiger partial charge in [0.15, 0.2) is 0 Å². The van der Waals surface area contributed by atoms with Gasteiger partial charge < -0.3 is 4.74 Å². The van der Waals surface area contributed by atoms with Crippen molar-refractivity contribution in [2.75, 3.05) is 0 Å². The highest BCUT2D eigenvalue weighted by molar-refractivity contribution is 6.30. The normalized spacial score (nSPS) is 11.9. The van der Waals surface area contributed by atoms with Crippen LogP contribution in [-0.2, 0) is 0 Å². The lowest BCUT2D eigenvalue weighted by Gasteiger charge is -2.21. The van der Waals surface area contributed by atoms with E-state index in [0.29, 0.717) is 0 Å². The highest BCUT2D eigenvalue weighted by Gasteiger charge is 2.33. The summed E-state index contributed by atoms with van der Waals surface area (Å²) in [5, 5.41) is 10.00. The van der Waals surface area contributed by atoms with Gasteiger partial charge in [-0.05, 0) is 174 Å². The van der Waals surface area contributed by atoms with Gasteiger partial charge in [0.25, 0.3) is 0 Å². The van der Waals surface area contributed by atoms with Gasteiger partial charge in [0, 0.05) is 0 Å². The molecule has 0 radical (unpaired) electrons. The van der Waals surface area contributed by atoms with Crippen LogP contribution in [-0.4, -0.2) is 0 Å². The van der Waals surface area contributed by atoms with Crippen LogP contribution < -0.4 is 4.74 Å². The van der Waals surface area contributed by atoms with Crippen molar-refractivity contribution < 1.29 is 4.74 Å². The number of rotatable bonds is 7. The molecular weight excluding hydrogens is 857 g/mol. The van der Waals surface area contributed by atoms with Crippen LogP contribution in [0.4, 0.5) is 0 Å². The van der Waals surface area contributed by atoms with Crippen LogP contribution in [0.2, 0.25) is 0 Å². The summed E-state index contributed by atoms with van der Waals surface area (Å²) in [4.78, 5) is 0. The molecule has 0 spiro atoms. The molecule has 13 aromatic carbocycles. The Bertz CT molecular complexity index is 4300. The molecule has 15 rings (SSSR count). The van der Waals surface area contributed by atoms with Crippen LogP contribution in [0.15, 0.2) is 255 Å². The molecule has 2 aliphatic rings.